The summed E-state index contributed by atoms with van der Waals surface area (Å²) in [6, 6.07) is 58.2. The van der Waals surface area contributed by atoms with Crippen LogP contribution >= 0.6 is 24.4 Å². The largest absolute Gasteiger partial charge is 0.507 e. The number of phenols is 2. The second-order valence-corrected chi connectivity index (χ2v) is 25.5. The van der Waals surface area contributed by atoms with Gasteiger partial charge in [-0.05, 0) is 70.7 Å². The van der Waals surface area contributed by atoms with Crippen LogP contribution in [0.25, 0.3) is 33.4 Å². The second kappa shape index (κ2) is 23.4. The number of ether oxygens (including phenoxy) is 2. The summed E-state index contributed by atoms with van der Waals surface area (Å²) >= 11 is 0. The number of fused-ring (bicyclic) bond motifs is 7. The van der Waals surface area contributed by atoms with Crippen LogP contribution < -0.4 is 29.7 Å². The van der Waals surface area contributed by atoms with E-state index in [1.54, 1.807) is 25.3 Å². The second-order valence-electron chi connectivity index (χ2n) is 20.3. The number of allylic oxidation sites excluding steroid dienone is 7. The molecule has 3 heterocycles. The Kier molecular flexibility index (Phi) is 15.8. The minimum atomic E-state index is -1.31. The summed E-state index contributed by atoms with van der Waals surface area (Å²) < 4.78 is 33.1. The first-order valence-corrected chi connectivity index (χ1v) is 31.1. The van der Waals surface area contributed by atoms with Crippen molar-refractivity contribution in [1.82, 2.24) is 0 Å². The number of phenolic OH excluding ortho intramolecular Hbond substituents is 2. The third-order valence-electron chi connectivity index (χ3n) is 15.2. The fourth-order valence-electron chi connectivity index (χ4n) is 11.0. The van der Waals surface area contributed by atoms with Crippen LogP contribution in [0.15, 0.2) is 231 Å². The van der Waals surface area contributed by atoms with Crippen molar-refractivity contribution >= 4 is 51.5 Å². The molecule has 3 aliphatic rings. The van der Waals surface area contributed by atoms with Crippen LogP contribution in [0.1, 0.15) is 65.3 Å². The third kappa shape index (κ3) is 10.4. The molecular weight excluding hydrogens is 1050 g/mol. The van der Waals surface area contributed by atoms with E-state index in [-0.39, 0.29) is 18.1 Å². The molecule has 80 heavy (non-hydrogen) atoms. The van der Waals surface area contributed by atoms with Gasteiger partial charge in [0.1, 0.15) is 64.7 Å². The summed E-state index contributed by atoms with van der Waals surface area (Å²) in [6.45, 7) is 18.9. The molecule has 0 aromatic heterocycles. The standard InChI is InChI=1S/C70H63O7P3/c1-8-24-53-57-28-15-21-34-65(57)78(75-61(53)11-4)44-48-41-51(42-49(69(48)72)45-80-67-36-23-17-30-59(67)56-27-14-20-33-64(56)77-80)70(5,6)50-39-46(37-38-74-62-31-18-12-25-54(62)52(9-2)60(10-3)73-7)68(71)47(40-50)43-79-66-35-22-16-29-58(66)55-26-13-19-32-63(55)76-79/h8-36,39-42,71-72H,2-4,37-38,43-45H2,1,5-7H3/b24-8-,60-52-. The number of methoxy groups -OCH3 is 1. The van der Waals surface area contributed by atoms with Crippen molar-refractivity contribution in [3.8, 4) is 51.0 Å². The van der Waals surface area contributed by atoms with Gasteiger partial charge >= 0.3 is 0 Å². The maximum Gasteiger partial charge on any atom is 0.131 e. The quantitative estimate of drug-likeness (QED) is 0.0503. The average molecular weight is 1110 g/mol. The summed E-state index contributed by atoms with van der Waals surface area (Å²) in [4.78, 5) is 0. The zero-order valence-electron chi connectivity index (χ0n) is 45.5. The number of aromatic hydroxyl groups is 2. The Morgan fingerprint density at radius 3 is 1.51 bits per heavy atom. The minimum Gasteiger partial charge on any atom is -0.507 e. The van der Waals surface area contributed by atoms with Crippen molar-refractivity contribution in [3.05, 3.63) is 276 Å². The van der Waals surface area contributed by atoms with Gasteiger partial charge in [0.05, 0.1) is 13.7 Å². The number of hydrogen-bond acceptors (Lipinski definition) is 7. The van der Waals surface area contributed by atoms with Gasteiger partial charge in [-0.1, -0.05) is 203 Å². The van der Waals surface area contributed by atoms with Gasteiger partial charge in [-0.25, -0.2) is 0 Å². The topological polar surface area (TPSA) is 86.6 Å². The van der Waals surface area contributed by atoms with Gasteiger partial charge in [0.2, 0.25) is 0 Å². The maximum absolute atomic E-state index is 12.8. The number of benzene rings is 8. The predicted molar refractivity (Wildman–Crippen MR) is 334 cm³/mol. The van der Waals surface area contributed by atoms with Crippen LogP contribution in [0.4, 0.5) is 0 Å². The first-order valence-electron chi connectivity index (χ1n) is 26.8. The van der Waals surface area contributed by atoms with Crippen LogP contribution in [0.2, 0.25) is 0 Å². The number of rotatable bonds is 18. The Bertz CT molecular complexity index is 3810. The minimum absolute atomic E-state index is 0.214. The Hall–Kier alpha value is -7.91. The Balaban J connectivity index is 1.03. The van der Waals surface area contributed by atoms with Crippen molar-refractivity contribution in [1.29, 1.82) is 0 Å². The molecule has 7 nitrogen and oxygen atoms in total. The van der Waals surface area contributed by atoms with E-state index in [0.29, 0.717) is 36.4 Å². The summed E-state index contributed by atoms with van der Waals surface area (Å²) in [5.74, 6) is 4.08. The molecule has 0 radical (unpaired) electrons. The van der Waals surface area contributed by atoms with E-state index in [1.165, 1.54) is 0 Å². The highest BCUT2D eigenvalue weighted by Gasteiger charge is 2.35. The zero-order valence-corrected chi connectivity index (χ0v) is 48.2. The molecule has 0 saturated heterocycles. The normalized spacial score (nSPS) is 16.3. The Labute approximate surface area is 474 Å². The Morgan fingerprint density at radius 2 is 1.00 bits per heavy atom. The lowest BCUT2D eigenvalue weighted by Gasteiger charge is -2.33. The first-order chi connectivity index (χ1) is 39.0. The zero-order chi connectivity index (χ0) is 55.5. The maximum atomic E-state index is 12.8. The van der Waals surface area contributed by atoms with Gasteiger partial charge in [0.25, 0.3) is 0 Å². The van der Waals surface area contributed by atoms with Crippen LogP contribution in [0.5, 0.6) is 28.7 Å². The molecule has 10 heteroatoms. The fourth-order valence-corrected chi connectivity index (χ4v) is 17.0. The van der Waals surface area contributed by atoms with Crippen LogP contribution in [0, 0.1) is 0 Å². The Morgan fingerprint density at radius 1 is 0.550 bits per heavy atom. The lowest BCUT2D eigenvalue weighted by Crippen LogP contribution is -2.22. The third-order valence-corrected chi connectivity index (χ3v) is 21.1. The van der Waals surface area contributed by atoms with E-state index in [4.69, 9.17) is 23.0 Å². The van der Waals surface area contributed by atoms with Crippen molar-refractivity contribution in [2.45, 2.75) is 51.1 Å². The summed E-state index contributed by atoms with van der Waals surface area (Å²) in [7, 11) is -2.21. The lowest BCUT2D eigenvalue weighted by molar-refractivity contribution is 0.307. The SMILES string of the molecule is C=CC1=C(/C=C\C)c2ccccc2P(Cc2cc(C(C)(C)c3cc(CCOc4ccccc4/C(C=C)=C(/C=C)OC)c(O)c(CP4Oc5ccccc5-c5ccccc54)c3)cc(CP3Oc4ccccc4-c4ccccc43)c2O)O1. The molecule has 11 rings (SSSR count). The van der Waals surface area contributed by atoms with Crippen LogP contribution in [-0.4, -0.2) is 23.9 Å². The van der Waals surface area contributed by atoms with Crippen LogP contribution in [-0.2, 0) is 39.6 Å². The first kappa shape index (κ1) is 54.1. The van der Waals surface area contributed by atoms with E-state index in [0.717, 1.165) is 111 Å². The molecule has 0 fully saturated rings. The summed E-state index contributed by atoms with van der Waals surface area (Å²) in [5, 5.41) is 28.8. The highest BCUT2D eigenvalue weighted by Crippen LogP contribution is 2.56. The molecule has 0 saturated carbocycles. The number of hydrogen-bond donors (Lipinski definition) is 2. The van der Waals surface area contributed by atoms with Crippen molar-refractivity contribution in [2.75, 3.05) is 13.7 Å². The van der Waals surface area contributed by atoms with E-state index < -0.39 is 29.9 Å². The summed E-state index contributed by atoms with van der Waals surface area (Å²) in [5.41, 5.74) is 12.5. The van der Waals surface area contributed by atoms with Crippen LogP contribution in [0.3, 0.4) is 0 Å². The molecule has 3 aliphatic heterocycles. The molecule has 3 atom stereocenters. The summed E-state index contributed by atoms with van der Waals surface area (Å²) in [6.07, 6.45) is 11.1. The van der Waals surface area contributed by atoms with Crippen molar-refractivity contribution in [3.63, 3.8) is 0 Å². The van der Waals surface area contributed by atoms with E-state index in [2.05, 4.69) is 149 Å². The van der Waals surface area contributed by atoms with Gasteiger partial charge in [-0.2, -0.15) is 0 Å². The highest BCUT2D eigenvalue weighted by molar-refractivity contribution is 7.61. The van der Waals surface area contributed by atoms with Crippen molar-refractivity contribution in [2.24, 2.45) is 0 Å². The molecule has 8 aromatic rings. The highest BCUT2D eigenvalue weighted by atomic mass is 31.1. The molecule has 0 bridgehead atoms. The van der Waals surface area contributed by atoms with Gasteiger partial charge in [-0.15, -0.1) is 0 Å². The molecule has 3 unspecified atom stereocenters. The molecular formula is C70H63O7P3. The number of para-hydroxylation sites is 3. The molecule has 400 valence electrons. The van der Waals surface area contributed by atoms with E-state index in [1.807, 2.05) is 73.7 Å². The smallest absolute Gasteiger partial charge is 0.131 e. The predicted octanol–water partition coefficient (Wildman–Crippen LogP) is 17.1. The lowest BCUT2D eigenvalue weighted by atomic mass is 9.76. The molecule has 0 spiro atoms. The van der Waals surface area contributed by atoms with E-state index >= 15 is 0 Å². The molecule has 8 aromatic carbocycles. The van der Waals surface area contributed by atoms with Crippen molar-refractivity contribution < 1.29 is 33.3 Å². The van der Waals surface area contributed by atoms with E-state index in [9.17, 15) is 10.2 Å². The fraction of sp³-hybridized carbons (Fsp3) is 0.143. The van der Waals surface area contributed by atoms with Gasteiger partial charge < -0.3 is 33.3 Å². The van der Waals surface area contributed by atoms with Gasteiger partial charge in [0, 0.05) is 90.8 Å². The molecule has 0 amide bonds. The van der Waals surface area contributed by atoms with Gasteiger partial charge in [-0.3, -0.25) is 0 Å². The molecule has 0 aliphatic carbocycles. The monoisotopic (exact) mass is 1110 g/mol. The average Bonchev–Trinajstić information content (AvgIpc) is 3.51. The molecule has 2 N–H and O–H groups in total. The van der Waals surface area contributed by atoms with Gasteiger partial charge in [0.15, 0.2) is 0 Å².